The molecule has 1 unspecified atom stereocenters. The minimum Gasteiger partial charge on any atom is -0.481 e. The predicted molar refractivity (Wildman–Crippen MR) is 54.6 cm³/mol. The molecule has 0 spiro atoms. The first-order chi connectivity index (χ1) is 6.91. The van der Waals surface area contributed by atoms with Gasteiger partial charge in [-0.2, -0.15) is 0 Å². The van der Waals surface area contributed by atoms with E-state index in [1.54, 1.807) is 0 Å². The van der Waals surface area contributed by atoms with E-state index < -0.39 is 5.97 Å². The summed E-state index contributed by atoms with van der Waals surface area (Å²) in [6, 6.07) is -0.220. The van der Waals surface area contributed by atoms with E-state index in [1.807, 2.05) is 0 Å². The van der Waals surface area contributed by atoms with Crippen LogP contribution in [0.15, 0.2) is 0 Å². The number of carbonyl (C=O) groups excluding carboxylic acids is 2. The fourth-order valence-corrected chi connectivity index (χ4v) is 1.21. The minimum absolute atomic E-state index is 0.00283. The van der Waals surface area contributed by atoms with Gasteiger partial charge < -0.3 is 10.4 Å². The summed E-state index contributed by atoms with van der Waals surface area (Å²) in [4.78, 5) is 31.9. The van der Waals surface area contributed by atoms with E-state index >= 15 is 0 Å². The van der Waals surface area contributed by atoms with Gasteiger partial charge in [-0.15, -0.1) is 0 Å². The number of carboxylic acid groups (broad SMARTS) is 1. The number of carboxylic acids is 1. The highest BCUT2D eigenvalue weighted by atomic mass is 16.4. The lowest BCUT2D eigenvalue weighted by Gasteiger charge is -2.15. The van der Waals surface area contributed by atoms with Crippen molar-refractivity contribution >= 4 is 17.5 Å². The van der Waals surface area contributed by atoms with Crippen molar-refractivity contribution in [3.05, 3.63) is 0 Å². The molecule has 0 aromatic carbocycles. The van der Waals surface area contributed by atoms with Gasteiger partial charge in [0.25, 0.3) is 0 Å². The maximum Gasteiger partial charge on any atom is 0.303 e. The van der Waals surface area contributed by atoms with Crippen LogP contribution in [-0.4, -0.2) is 35.2 Å². The molecule has 0 amide bonds. The van der Waals surface area contributed by atoms with Crippen LogP contribution in [0.25, 0.3) is 0 Å². The van der Waals surface area contributed by atoms with Gasteiger partial charge >= 0.3 is 5.97 Å². The molecule has 0 bridgehead atoms. The Hall–Kier alpha value is -1.23. The van der Waals surface area contributed by atoms with Crippen LogP contribution in [0.3, 0.4) is 0 Å². The van der Waals surface area contributed by atoms with E-state index in [-0.39, 0.29) is 37.0 Å². The SMILES string of the molecule is CC(=O)CNC(CCC(=O)O)CC(C)=O. The molecule has 0 saturated heterocycles. The second kappa shape index (κ2) is 7.11. The zero-order valence-electron chi connectivity index (χ0n) is 9.08. The molecule has 0 fully saturated rings. The van der Waals surface area contributed by atoms with Crippen LogP contribution in [0.2, 0.25) is 0 Å². The number of hydrogen-bond acceptors (Lipinski definition) is 4. The standard InChI is InChI=1S/C10H17NO4/c1-7(12)5-9(3-4-10(14)15)11-6-8(2)13/h9,11H,3-6H2,1-2H3,(H,14,15). The summed E-state index contributed by atoms with van der Waals surface area (Å²) in [5.41, 5.74) is 0. The second-order valence-electron chi connectivity index (χ2n) is 3.62. The number of hydrogen-bond donors (Lipinski definition) is 2. The average molecular weight is 215 g/mol. The highest BCUT2D eigenvalue weighted by molar-refractivity contribution is 5.78. The summed E-state index contributed by atoms with van der Waals surface area (Å²) >= 11 is 0. The smallest absolute Gasteiger partial charge is 0.303 e. The monoisotopic (exact) mass is 215 g/mol. The quantitative estimate of drug-likeness (QED) is 0.611. The number of aliphatic carboxylic acids is 1. The minimum atomic E-state index is -0.895. The van der Waals surface area contributed by atoms with Crippen molar-refractivity contribution in [2.75, 3.05) is 6.54 Å². The maximum absolute atomic E-state index is 10.9. The van der Waals surface area contributed by atoms with Gasteiger partial charge in [0.1, 0.15) is 11.6 Å². The molecule has 0 aliphatic rings. The number of ketones is 2. The van der Waals surface area contributed by atoms with Gasteiger partial charge in [0, 0.05) is 18.9 Å². The molecule has 0 radical (unpaired) electrons. The predicted octanol–water partition coefficient (Wildman–Crippen LogP) is 0.377. The molecular weight excluding hydrogens is 198 g/mol. The zero-order chi connectivity index (χ0) is 11.8. The van der Waals surface area contributed by atoms with Crippen molar-refractivity contribution in [1.82, 2.24) is 5.32 Å². The lowest BCUT2D eigenvalue weighted by Crippen LogP contribution is -2.34. The van der Waals surface area contributed by atoms with Crippen molar-refractivity contribution in [1.29, 1.82) is 0 Å². The van der Waals surface area contributed by atoms with Crippen molar-refractivity contribution in [3.63, 3.8) is 0 Å². The van der Waals surface area contributed by atoms with Gasteiger partial charge in [-0.3, -0.25) is 14.4 Å². The Bertz CT molecular complexity index is 232. The summed E-state index contributed by atoms with van der Waals surface area (Å²) < 4.78 is 0. The lowest BCUT2D eigenvalue weighted by atomic mass is 10.1. The molecule has 86 valence electrons. The first-order valence-corrected chi connectivity index (χ1v) is 4.86. The van der Waals surface area contributed by atoms with Crippen molar-refractivity contribution in [2.24, 2.45) is 0 Å². The number of rotatable bonds is 8. The van der Waals surface area contributed by atoms with Gasteiger partial charge in [-0.1, -0.05) is 0 Å². The zero-order valence-corrected chi connectivity index (χ0v) is 9.08. The Kier molecular flexibility index (Phi) is 6.53. The third kappa shape index (κ3) is 9.08. The average Bonchev–Trinajstić information content (AvgIpc) is 2.08. The molecule has 0 aromatic rings. The molecule has 5 nitrogen and oxygen atoms in total. The van der Waals surface area contributed by atoms with Gasteiger partial charge in [0.05, 0.1) is 6.54 Å². The summed E-state index contributed by atoms with van der Waals surface area (Å²) in [5, 5.41) is 11.4. The Morgan fingerprint density at radius 3 is 2.20 bits per heavy atom. The molecule has 2 N–H and O–H groups in total. The van der Waals surface area contributed by atoms with Crippen molar-refractivity contribution in [2.45, 2.75) is 39.2 Å². The molecule has 1 atom stereocenters. The summed E-state index contributed by atoms with van der Waals surface area (Å²) in [6.45, 7) is 3.07. The van der Waals surface area contributed by atoms with E-state index in [9.17, 15) is 14.4 Å². The van der Waals surface area contributed by atoms with Crippen LogP contribution in [0, 0.1) is 0 Å². The Morgan fingerprint density at radius 2 is 1.80 bits per heavy atom. The lowest BCUT2D eigenvalue weighted by molar-refractivity contribution is -0.137. The first kappa shape index (κ1) is 13.8. The van der Waals surface area contributed by atoms with E-state index in [2.05, 4.69) is 5.32 Å². The molecule has 0 heterocycles. The van der Waals surface area contributed by atoms with Crippen molar-refractivity contribution < 1.29 is 19.5 Å². The van der Waals surface area contributed by atoms with Crippen LogP contribution < -0.4 is 5.32 Å². The van der Waals surface area contributed by atoms with Gasteiger partial charge in [0.15, 0.2) is 0 Å². The summed E-state index contributed by atoms with van der Waals surface area (Å²) in [5.74, 6) is -0.937. The Balaban J connectivity index is 3.99. The first-order valence-electron chi connectivity index (χ1n) is 4.86. The van der Waals surface area contributed by atoms with E-state index in [4.69, 9.17) is 5.11 Å². The van der Waals surface area contributed by atoms with Gasteiger partial charge in [0.2, 0.25) is 0 Å². The van der Waals surface area contributed by atoms with Gasteiger partial charge in [-0.05, 0) is 20.3 Å². The number of Topliss-reactive ketones (excluding diaryl/α,β-unsaturated/α-hetero) is 2. The maximum atomic E-state index is 10.9. The highest BCUT2D eigenvalue weighted by Crippen LogP contribution is 2.02. The van der Waals surface area contributed by atoms with E-state index in [1.165, 1.54) is 13.8 Å². The largest absolute Gasteiger partial charge is 0.481 e. The van der Waals surface area contributed by atoms with Crippen LogP contribution in [0.4, 0.5) is 0 Å². The van der Waals surface area contributed by atoms with Crippen LogP contribution in [-0.2, 0) is 14.4 Å². The van der Waals surface area contributed by atoms with Crippen LogP contribution in [0.5, 0.6) is 0 Å². The highest BCUT2D eigenvalue weighted by Gasteiger charge is 2.12. The summed E-state index contributed by atoms with van der Waals surface area (Å²) in [6.07, 6.45) is 0.631. The molecule has 0 rings (SSSR count). The van der Waals surface area contributed by atoms with Crippen molar-refractivity contribution in [3.8, 4) is 0 Å². The van der Waals surface area contributed by atoms with Gasteiger partial charge in [-0.25, -0.2) is 0 Å². The number of nitrogens with one attached hydrogen (secondary N) is 1. The van der Waals surface area contributed by atoms with Crippen LogP contribution >= 0.6 is 0 Å². The fourth-order valence-electron chi connectivity index (χ4n) is 1.21. The Morgan fingerprint density at radius 1 is 1.20 bits per heavy atom. The topological polar surface area (TPSA) is 83.5 Å². The molecule has 5 heteroatoms. The van der Waals surface area contributed by atoms with Crippen LogP contribution in [0.1, 0.15) is 33.1 Å². The molecule has 15 heavy (non-hydrogen) atoms. The fraction of sp³-hybridized carbons (Fsp3) is 0.700. The normalized spacial score (nSPS) is 12.1. The van der Waals surface area contributed by atoms with E-state index in [0.717, 1.165) is 0 Å². The number of carbonyl (C=O) groups is 3. The molecule has 0 aliphatic carbocycles. The molecule has 0 aromatic heterocycles. The molecule has 0 aliphatic heterocycles. The second-order valence-corrected chi connectivity index (χ2v) is 3.62. The third-order valence-corrected chi connectivity index (χ3v) is 1.88. The van der Waals surface area contributed by atoms with E-state index in [0.29, 0.717) is 6.42 Å². The Labute approximate surface area is 88.9 Å². The molecule has 0 saturated carbocycles. The third-order valence-electron chi connectivity index (χ3n) is 1.88. The summed E-state index contributed by atoms with van der Waals surface area (Å²) in [7, 11) is 0. The molecular formula is C10H17NO4.